The molecule has 0 aromatic heterocycles. The predicted molar refractivity (Wildman–Crippen MR) is 135 cm³/mol. The van der Waals surface area contributed by atoms with Crippen LogP contribution in [0.2, 0.25) is 0 Å². The third-order valence-corrected chi connectivity index (χ3v) is 6.00. The molecule has 4 amide bonds. The lowest BCUT2D eigenvalue weighted by Crippen LogP contribution is -2.57. The first-order chi connectivity index (χ1) is 17.5. The highest BCUT2D eigenvalue weighted by molar-refractivity contribution is 5.94. The summed E-state index contributed by atoms with van der Waals surface area (Å²) in [6.07, 6.45) is 2.58. The Bertz CT molecular complexity index is 833. The van der Waals surface area contributed by atoms with Gasteiger partial charge in [0.05, 0.1) is 6.04 Å². The van der Waals surface area contributed by atoms with Crippen molar-refractivity contribution in [1.29, 1.82) is 0 Å². The Morgan fingerprint density at radius 2 is 1.62 bits per heavy atom. The van der Waals surface area contributed by atoms with Gasteiger partial charge in [0.25, 0.3) is 0 Å². The molecule has 1 aliphatic rings. The van der Waals surface area contributed by atoms with Gasteiger partial charge in [0.1, 0.15) is 18.1 Å². The number of likely N-dealkylation sites (tertiary alicyclic amines) is 1. The van der Waals surface area contributed by atoms with Crippen LogP contribution in [0.4, 0.5) is 0 Å². The summed E-state index contributed by atoms with van der Waals surface area (Å²) < 4.78 is 0. The molecule has 0 bridgehead atoms. The predicted octanol–water partition coefficient (Wildman–Crippen LogP) is -3.19. The largest absolute Gasteiger partial charge is 0.480 e. The van der Waals surface area contributed by atoms with Crippen LogP contribution in [-0.2, 0) is 24.0 Å². The topological polar surface area (TPSA) is 275 Å². The summed E-state index contributed by atoms with van der Waals surface area (Å²) in [6.45, 7) is 0.871. The summed E-state index contributed by atoms with van der Waals surface area (Å²) in [7, 11) is 0. The number of carboxylic acids is 1. The van der Waals surface area contributed by atoms with Gasteiger partial charge in [0.2, 0.25) is 23.6 Å². The second kappa shape index (κ2) is 16.3. The maximum absolute atomic E-state index is 13.3. The fraction of sp³-hybridized carbons (Fsp3) is 0.727. The number of aliphatic carboxylic acids is 1. The van der Waals surface area contributed by atoms with Gasteiger partial charge in [-0.1, -0.05) is 6.42 Å². The van der Waals surface area contributed by atoms with E-state index in [4.69, 9.17) is 28.7 Å². The third kappa shape index (κ3) is 11.4. The highest BCUT2D eigenvalue weighted by atomic mass is 16.4. The average Bonchev–Trinajstić information content (AvgIpc) is 3.33. The molecule has 0 saturated carbocycles. The smallest absolute Gasteiger partial charge is 0.326 e. The Hall–Kier alpha value is -3.46. The molecule has 15 nitrogen and oxygen atoms in total. The van der Waals surface area contributed by atoms with E-state index < -0.39 is 53.8 Å². The number of hydrogen-bond acceptors (Lipinski definition) is 8. The lowest BCUT2D eigenvalue weighted by atomic mass is 10.0. The van der Waals surface area contributed by atoms with Crippen LogP contribution in [0.3, 0.4) is 0 Å². The molecule has 37 heavy (non-hydrogen) atoms. The van der Waals surface area contributed by atoms with Crippen LogP contribution in [0, 0.1) is 0 Å². The van der Waals surface area contributed by atoms with Gasteiger partial charge in [-0.3, -0.25) is 24.2 Å². The number of carbonyl (C=O) groups excluding carboxylic acids is 4. The van der Waals surface area contributed by atoms with Gasteiger partial charge >= 0.3 is 5.97 Å². The molecule has 0 aromatic rings. The van der Waals surface area contributed by atoms with Crippen LogP contribution in [-0.4, -0.2) is 89.4 Å². The Labute approximate surface area is 215 Å². The van der Waals surface area contributed by atoms with Gasteiger partial charge in [0.15, 0.2) is 5.96 Å². The number of carboxylic acid groups (broad SMARTS) is 1. The molecular weight excluding hydrogens is 486 g/mol. The lowest BCUT2D eigenvalue weighted by molar-refractivity contribution is -0.149. The summed E-state index contributed by atoms with van der Waals surface area (Å²) in [6, 6.07) is -4.19. The number of nitrogens with two attached hydrogens (primary N) is 5. The number of primary amides is 1. The van der Waals surface area contributed by atoms with E-state index in [0.717, 1.165) is 0 Å². The van der Waals surface area contributed by atoms with Crippen LogP contribution < -0.4 is 39.3 Å². The highest BCUT2D eigenvalue weighted by Gasteiger charge is 2.38. The summed E-state index contributed by atoms with van der Waals surface area (Å²) >= 11 is 0. The molecule has 0 aliphatic carbocycles. The Balaban J connectivity index is 3.02. The van der Waals surface area contributed by atoms with E-state index >= 15 is 0 Å². The van der Waals surface area contributed by atoms with Crippen molar-refractivity contribution in [3.8, 4) is 0 Å². The molecule has 1 heterocycles. The summed E-state index contributed by atoms with van der Waals surface area (Å²) in [5.74, 6) is -3.83. The minimum atomic E-state index is -1.19. The zero-order chi connectivity index (χ0) is 28.0. The van der Waals surface area contributed by atoms with Gasteiger partial charge in [-0.15, -0.1) is 0 Å². The average molecular weight is 528 g/mol. The normalized spacial score (nSPS) is 17.4. The number of nitrogens with zero attached hydrogens (tertiary/aromatic N) is 2. The van der Waals surface area contributed by atoms with E-state index in [9.17, 15) is 29.1 Å². The van der Waals surface area contributed by atoms with Crippen molar-refractivity contribution in [2.75, 3.05) is 19.6 Å². The number of hydrogen-bond donors (Lipinski definition) is 8. The molecule has 13 N–H and O–H groups in total. The first kappa shape index (κ1) is 31.6. The van der Waals surface area contributed by atoms with Crippen molar-refractivity contribution in [2.45, 2.75) is 82.0 Å². The van der Waals surface area contributed by atoms with Crippen molar-refractivity contribution < 1.29 is 29.1 Å². The number of amides is 4. The zero-order valence-electron chi connectivity index (χ0n) is 21.1. The molecule has 1 aliphatic heterocycles. The number of carbonyl (C=O) groups is 5. The van der Waals surface area contributed by atoms with E-state index in [2.05, 4.69) is 15.6 Å². The Morgan fingerprint density at radius 1 is 0.946 bits per heavy atom. The summed E-state index contributed by atoms with van der Waals surface area (Å²) in [4.78, 5) is 67.0. The van der Waals surface area contributed by atoms with Crippen molar-refractivity contribution in [3.05, 3.63) is 0 Å². The number of rotatable bonds is 17. The van der Waals surface area contributed by atoms with Crippen molar-refractivity contribution in [1.82, 2.24) is 15.5 Å². The monoisotopic (exact) mass is 527 g/mol. The maximum Gasteiger partial charge on any atom is 0.326 e. The molecule has 15 heteroatoms. The Kier molecular flexibility index (Phi) is 13.9. The van der Waals surface area contributed by atoms with E-state index in [1.807, 2.05) is 0 Å². The molecule has 1 rings (SSSR count). The zero-order valence-corrected chi connectivity index (χ0v) is 21.1. The van der Waals surface area contributed by atoms with Crippen molar-refractivity contribution in [3.63, 3.8) is 0 Å². The van der Waals surface area contributed by atoms with Crippen molar-refractivity contribution in [2.24, 2.45) is 33.7 Å². The van der Waals surface area contributed by atoms with Gasteiger partial charge < -0.3 is 49.3 Å². The number of guanidine groups is 1. The summed E-state index contributed by atoms with van der Waals surface area (Å²) in [5, 5.41) is 14.6. The molecule has 0 spiro atoms. The molecule has 4 atom stereocenters. The fourth-order valence-electron chi connectivity index (χ4n) is 3.99. The van der Waals surface area contributed by atoms with Gasteiger partial charge in [-0.05, 0) is 51.5 Å². The first-order valence-corrected chi connectivity index (χ1v) is 12.4. The van der Waals surface area contributed by atoms with E-state index in [1.165, 1.54) is 4.90 Å². The van der Waals surface area contributed by atoms with Crippen LogP contribution >= 0.6 is 0 Å². The van der Waals surface area contributed by atoms with E-state index in [0.29, 0.717) is 45.1 Å². The van der Waals surface area contributed by atoms with Crippen LogP contribution in [0.25, 0.3) is 0 Å². The van der Waals surface area contributed by atoms with Gasteiger partial charge in [-0.25, -0.2) is 4.79 Å². The number of nitrogens with one attached hydrogen (secondary N) is 2. The standard InChI is InChI=1S/C22H41N9O6/c23-10-2-1-5-13(24)18(33)29-14(8-9-17(25)32)19(34)30-15(6-3-11-28-22(26)27)20(35)31-12-4-7-16(31)21(36)37/h13-16H,1-12,23-24H2,(H2,25,32)(H,29,33)(H,30,34)(H,36,37)(H4,26,27,28). The molecule has 0 aromatic carbocycles. The lowest BCUT2D eigenvalue weighted by Gasteiger charge is -2.29. The summed E-state index contributed by atoms with van der Waals surface area (Å²) in [5.41, 5.74) is 27.3. The second-order valence-electron chi connectivity index (χ2n) is 8.99. The molecule has 1 saturated heterocycles. The molecule has 210 valence electrons. The van der Waals surface area contributed by atoms with Crippen LogP contribution in [0.5, 0.6) is 0 Å². The quantitative estimate of drug-likeness (QED) is 0.0532. The minimum Gasteiger partial charge on any atom is -0.480 e. The number of unbranched alkanes of at least 4 members (excludes halogenated alkanes) is 1. The van der Waals surface area contributed by atoms with E-state index in [1.54, 1.807) is 0 Å². The van der Waals surface area contributed by atoms with Gasteiger partial charge in [-0.2, -0.15) is 0 Å². The number of aliphatic imine (C=N–C) groups is 1. The fourth-order valence-corrected chi connectivity index (χ4v) is 3.99. The highest BCUT2D eigenvalue weighted by Crippen LogP contribution is 2.20. The maximum atomic E-state index is 13.3. The first-order valence-electron chi connectivity index (χ1n) is 12.4. The van der Waals surface area contributed by atoms with E-state index in [-0.39, 0.29) is 38.3 Å². The SMILES string of the molecule is NCCCCC(N)C(=O)NC(CCC(N)=O)C(=O)NC(CCCN=C(N)N)C(=O)N1CCCC1C(=O)O. The molecule has 4 unspecified atom stereocenters. The minimum absolute atomic E-state index is 0.110. The van der Waals surface area contributed by atoms with Crippen LogP contribution in [0.1, 0.15) is 57.8 Å². The molecule has 0 radical (unpaired) electrons. The van der Waals surface area contributed by atoms with Crippen molar-refractivity contribution >= 4 is 35.6 Å². The third-order valence-electron chi connectivity index (χ3n) is 6.00. The molecule has 1 fully saturated rings. The van der Waals surface area contributed by atoms with Crippen LogP contribution in [0.15, 0.2) is 4.99 Å². The molecular formula is C22H41N9O6. The second-order valence-corrected chi connectivity index (χ2v) is 8.99. The van der Waals surface area contributed by atoms with Gasteiger partial charge in [0, 0.05) is 19.5 Å². The Morgan fingerprint density at radius 3 is 2.22 bits per heavy atom.